The fraction of sp³-hybridized carbons (Fsp3) is 0.125. The van der Waals surface area contributed by atoms with E-state index in [1.54, 1.807) is 29.5 Å². The van der Waals surface area contributed by atoms with E-state index in [1.807, 2.05) is 19.2 Å². The lowest BCUT2D eigenvalue weighted by atomic mass is 10.2. The molecule has 0 aliphatic carbocycles. The smallest absolute Gasteiger partial charge is 0.274 e. The molecule has 1 amide bonds. The minimum Gasteiger partial charge on any atom is -0.508 e. The number of benzene rings is 1. The number of pyridine rings is 1. The van der Waals surface area contributed by atoms with E-state index < -0.39 is 0 Å². The molecule has 0 saturated carbocycles. The predicted octanol–water partition coefficient (Wildman–Crippen LogP) is 3.67. The van der Waals surface area contributed by atoms with Crippen LogP contribution >= 0.6 is 15.9 Å². The van der Waals surface area contributed by atoms with E-state index in [4.69, 9.17) is 0 Å². The van der Waals surface area contributed by atoms with Crippen molar-refractivity contribution in [2.24, 2.45) is 0 Å². The van der Waals surface area contributed by atoms with E-state index in [0.717, 1.165) is 15.7 Å². The summed E-state index contributed by atoms with van der Waals surface area (Å²) >= 11 is 3.44. The number of nitrogens with one attached hydrogen (secondary N) is 1. The first kappa shape index (κ1) is 14.6. The summed E-state index contributed by atoms with van der Waals surface area (Å²) in [5.41, 5.74) is 3.39. The van der Waals surface area contributed by atoms with Crippen LogP contribution in [0.25, 0.3) is 5.65 Å². The maximum absolute atomic E-state index is 12.6. The van der Waals surface area contributed by atoms with Gasteiger partial charge in [0.2, 0.25) is 0 Å². The Morgan fingerprint density at radius 1 is 1.32 bits per heavy atom. The van der Waals surface area contributed by atoms with E-state index in [1.165, 1.54) is 6.07 Å². The Kier molecular flexibility index (Phi) is 3.62. The molecule has 0 spiro atoms. The number of carbonyl (C=O) groups is 1. The molecular weight excluding hydrogens is 346 g/mol. The number of hydrogen-bond acceptors (Lipinski definition) is 3. The standard InChI is InChI=1S/C16H14BrN3O2/c1-9-6-11(17)8-20-14(10(2)18-15(9)20)16(22)19-12-4-3-5-13(21)7-12/h3-8,21H,1-2H3,(H,19,22). The first-order valence-electron chi connectivity index (χ1n) is 6.71. The highest BCUT2D eigenvalue weighted by Gasteiger charge is 2.18. The van der Waals surface area contributed by atoms with Gasteiger partial charge < -0.3 is 10.4 Å². The number of nitrogens with zero attached hydrogens (tertiary/aromatic N) is 2. The number of rotatable bonds is 2. The number of aromatic nitrogens is 2. The van der Waals surface area contributed by atoms with Crippen molar-refractivity contribution in [1.29, 1.82) is 0 Å². The molecule has 2 aromatic heterocycles. The third-order valence-corrected chi connectivity index (χ3v) is 3.80. The number of imidazole rings is 1. The van der Waals surface area contributed by atoms with Crippen LogP contribution in [-0.4, -0.2) is 20.4 Å². The summed E-state index contributed by atoms with van der Waals surface area (Å²) < 4.78 is 2.65. The molecule has 2 N–H and O–H groups in total. The third-order valence-electron chi connectivity index (χ3n) is 3.36. The Labute approximate surface area is 135 Å². The van der Waals surface area contributed by atoms with Crippen LogP contribution in [0.1, 0.15) is 21.7 Å². The summed E-state index contributed by atoms with van der Waals surface area (Å²) in [7, 11) is 0. The quantitative estimate of drug-likeness (QED) is 0.733. The van der Waals surface area contributed by atoms with Crippen molar-refractivity contribution in [3.63, 3.8) is 0 Å². The van der Waals surface area contributed by atoms with Gasteiger partial charge in [0.05, 0.1) is 5.69 Å². The number of halogens is 1. The lowest BCUT2D eigenvalue weighted by Crippen LogP contribution is -2.15. The van der Waals surface area contributed by atoms with Gasteiger partial charge in [0, 0.05) is 22.4 Å². The van der Waals surface area contributed by atoms with Gasteiger partial charge in [0.25, 0.3) is 5.91 Å². The van der Waals surface area contributed by atoms with E-state index in [0.29, 0.717) is 17.1 Å². The maximum atomic E-state index is 12.6. The fourth-order valence-electron chi connectivity index (χ4n) is 2.43. The molecule has 0 atom stereocenters. The SMILES string of the molecule is Cc1nc2c(C)cc(Br)cn2c1C(=O)Nc1cccc(O)c1. The molecule has 0 unspecified atom stereocenters. The van der Waals surface area contributed by atoms with Crippen LogP contribution in [0.15, 0.2) is 41.0 Å². The van der Waals surface area contributed by atoms with Crippen LogP contribution < -0.4 is 5.32 Å². The maximum Gasteiger partial charge on any atom is 0.274 e. The first-order chi connectivity index (χ1) is 10.5. The number of phenols is 1. The summed E-state index contributed by atoms with van der Waals surface area (Å²) in [6.45, 7) is 3.75. The lowest BCUT2D eigenvalue weighted by molar-refractivity contribution is 0.102. The van der Waals surface area contributed by atoms with Crippen molar-refractivity contribution in [3.05, 3.63) is 58.0 Å². The van der Waals surface area contributed by atoms with E-state index in [2.05, 4.69) is 26.2 Å². The van der Waals surface area contributed by atoms with Gasteiger partial charge in [-0.2, -0.15) is 0 Å². The lowest BCUT2D eigenvalue weighted by Gasteiger charge is -2.07. The molecule has 6 heteroatoms. The summed E-state index contributed by atoms with van der Waals surface area (Å²) in [6.07, 6.45) is 1.82. The minimum absolute atomic E-state index is 0.103. The van der Waals surface area contributed by atoms with Crippen molar-refractivity contribution in [1.82, 2.24) is 9.38 Å². The molecule has 1 aromatic carbocycles. The Bertz CT molecular complexity index is 886. The van der Waals surface area contributed by atoms with Crippen LogP contribution in [0, 0.1) is 13.8 Å². The third kappa shape index (κ3) is 2.57. The van der Waals surface area contributed by atoms with Crippen LogP contribution in [0.2, 0.25) is 0 Å². The zero-order valence-corrected chi connectivity index (χ0v) is 13.7. The monoisotopic (exact) mass is 359 g/mol. The Hall–Kier alpha value is -2.34. The van der Waals surface area contributed by atoms with Crippen molar-refractivity contribution in [2.75, 3.05) is 5.32 Å². The minimum atomic E-state index is -0.270. The number of hydrogen-bond donors (Lipinski definition) is 2. The molecule has 3 aromatic rings. The predicted molar refractivity (Wildman–Crippen MR) is 88.4 cm³/mol. The molecule has 0 aliphatic heterocycles. The number of amides is 1. The highest BCUT2D eigenvalue weighted by molar-refractivity contribution is 9.10. The fourth-order valence-corrected chi connectivity index (χ4v) is 2.98. The normalized spacial score (nSPS) is 10.9. The Morgan fingerprint density at radius 2 is 2.09 bits per heavy atom. The van der Waals surface area contributed by atoms with Crippen molar-refractivity contribution in [3.8, 4) is 5.75 Å². The number of phenolic OH excluding ortho intramolecular Hbond substituents is 1. The van der Waals surface area contributed by atoms with Gasteiger partial charge in [-0.15, -0.1) is 0 Å². The number of aryl methyl sites for hydroxylation is 2. The van der Waals surface area contributed by atoms with Gasteiger partial charge >= 0.3 is 0 Å². The molecule has 0 aliphatic rings. The Morgan fingerprint density at radius 3 is 2.82 bits per heavy atom. The average molecular weight is 360 g/mol. The van der Waals surface area contributed by atoms with Gasteiger partial charge in [0.1, 0.15) is 17.1 Å². The highest BCUT2D eigenvalue weighted by atomic mass is 79.9. The molecule has 0 fully saturated rings. The summed E-state index contributed by atoms with van der Waals surface area (Å²) in [6, 6.07) is 8.40. The van der Waals surface area contributed by atoms with Gasteiger partial charge in [-0.1, -0.05) is 6.07 Å². The van der Waals surface area contributed by atoms with E-state index >= 15 is 0 Å². The average Bonchev–Trinajstić information content (AvgIpc) is 2.75. The van der Waals surface area contributed by atoms with Crippen molar-refractivity contribution in [2.45, 2.75) is 13.8 Å². The topological polar surface area (TPSA) is 66.6 Å². The second-order valence-electron chi connectivity index (χ2n) is 5.09. The van der Waals surface area contributed by atoms with Gasteiger partial charge in [-0.3, -0.25) is 9.20 Å². The van der Waals surface area contributed by atoms with Crippen LogP contribution in [0.5, 0.6) is 5.75 Å². The van der Waals surface area contributed by atoms with E-state index in [-0.39, 0.29) is 11.7 Å². The van der Waals surface area contributed by atoms with E-state index in [9.17, 15) is 9.90 Å². The zero-order valence-electron chi connectivity index (χ0n) is 12.1. The van der Waals surface area contributed by atoms with Crippen molar-refractivity contribution < 1.29 is 9.90 Å². The van der Waals surface area contributed by atoms with Gasteiger partial charge in [-0.25, -0.2) is 4.98 Å². The summed E-state index contributed by atoms with van der Waals surface area (Å²) in [4.78, 5) is 17.0. The Balaban J connectivity index is 2.06. The second kappa shape index (κ2) is 5.46. The molecule has 0 bridgehead atoms. The molecular formula is C16H14BrN3O2. The van der Waals surface area contributed by atoms with Crippen molar-refractivity contribution >= 4 is 33.2 Å². The first-order valence-corrected chi connectivity index (χ1v) is 7.50. The molecule has 22 heavy (non-hydrogen) atoms. The van der Waals surface area contributed by atoms with Crippen LogP contribution in [-0.2, 0) is 0 Å². The summed E-state index contributed by atoms with van der Waals surface area (Å²) in [5.74, 6) is -0.167. The second-order valence-corrected chi connectivity index (χ2v) is 6.00. The number of aromatic hydroxyl groups is 1. The van der Waals surface area contributed by atoms with Gasteiger partial charge in [0.15, 0.2) is 0 Å². The molecule has 5 nitrogen and oxygen atoms in total. The summed E-state index contributed by atoms with van der Waals surface area (Å²) in [5, 5.41) is 12.3. The number of anilines is 1. The number of fused-ring (bicyclic) bond motifs is 1. The molecule has 112 valence electrons. The van der Waals surface area contributed by atoms with Gasteiger partial charge in [-0.05, 0) is 53.5 Å². The molecule has 0 saturated heterocycles. The van der Waals surface area contributed by atoms with Crippen LogP contribution in [0.3, 0.4) is 0 Å². The highest BCUT2D eigenvalue weighted by Crippen LogP contribution is 2.22. The van der Waals surface area contributed by atoms with Crippen LogP contribution in [0.4, 0.5) is 5.69 Å². The molecule has 3 rings (SSSR count). The zero-order chi connectivity index (χ0) is 15.9. The largest absolute Gasteiger partial charge is 0.508 e. The molecule has 2 heterocycles. The molecule has 0 radical (unpaired) electrons. The number of carbonyl (C=O) groups excluding carboxylic acids is 1.